The summed E-state index contributed by atoms with van der Waals surface area (Å²) in [5, 5.41) is 2.93. The van der Waals surface area contributed by atoms with Crippen LogP contribution in [0.3, 0.4) is 0 Å². The maximum Gasteiger partial charge on any atom is 0.241 e. The largest absolute Gasteiger partial charge is 0.496 e. The third kappa shape index (κ3) is 6.59. The summed E-state index contributed by atoms with van der Waals surface area (Å²) in [4.78, 5) is 13.3. The fraction of sp³-hybridized carbons (Fsp3) is 0.269. The molecule has 2 N–H and O–H groups in total. The van der Waals surface area contributed by atoms with E-state index in [1.165, 1.54) is 12.1 Å². The molecule has 7 nitrogen and oxygen atoms in total. The molecule has 3 aromatic carbocycles. The number of amides is 1. The van der Waals surface area contributed by atoms with Crippen LogP contribution in [0.25, 0.3) is 0 Å². The summed E-state index contributed by atoms with van der Waals surface area (Å²) in [6, 6.07) is 21.4. The zero-order valence-electron chi connectivity index (χ0n) is 19.5. The summed E-state index contributed by atoms with van der Waals surface area (Å²) < 4.78 is 39.6. The summed E-state index contributed by atoms with van der Waals surface area (Å²) in [5.74, 6) is 0.785. The Hall–Kier alpha value is -3.36. The van der Waals surface area contributed by atoms with Crippen molar-refractivity contribution < 1.29 is 22.7 Å². The van der Waals surface area contributed by atoms with Crippen molar-refractivity contribution >= 4 is 15.9 Å². The average molecular weight is 483 g/mol. The Morgan fingerprint density at radius 3 is 2.24 bits per heavy atom. The minimum absolute atomic E-state index is 0.0552. The monoisotopic (exact) mass is 482 g/mol. The molecule has 0 radical (unpaired) electrons. The molecular weight excluding hydrogens is 452 g/mol. The van der Waals surface area contributed by atoms with Crippen LogP contribution in [-0.4, -0.2) is 34.1 Å². The van der Waals surface area contributed by atoms with E-state index in [1.807, 2.05) is 68.4 Å². The second kappa shape index (κ2) is 11.7. The van der Waals surface area contributed by atoms with E-state index in [1.54, 1.807) is 19.2 Å². The van der Waals surface area contributed by atoms with Gasteiger partial charge in [0.15, 0.2) is 0 Å². The SMILES string of the molecule is CCOc1ccc(S(=O)(=O)N[C@H](Cc2ccccc2)C(=O)N[C@H](C)c2ccccc2OC)cc1. The van der Waals surface area contributed by atoms with Gasteiger partial charge in [0.25, 0.3) is 0 Å². The first-order valence-electron chi connectivity index (χ1n) is 11.1. The number of para-hydroxylation sites is 1. The van der Waals surface area contributed by atoms with Gasteiger partial charge in [0.05, 0.1) is 24.7 Å². The molecule has 0 saturated carbocycles. The number of hydrogen-bond donors (Lipinski definition) is 2. The van der Waals surface area contributed by atoms with Gasteiger partial charge in [0, 0.05) is 5.56 Å². The van der Waals surface area contributed by atoms with Crippen LogP contribution in [0.5, 0.6) is 11.5 Å². The molecule has 0 heterocycles. The maximum atomic E-state index is 13.3. The highest BCUT2D eigenvalue weighted by Gasteiger charge is 2.27. The predicted molar refractivity (Wildman–Crippen MR) is 131 cm³/mol. The minimum Gasteiger partial charge on any atom is -0.496 e. The van der Waals surface area contributed by atoms with Crippen LogP contribution in [0.1, 0.15) is 31.0 Å². The molecule has 3 rings (SSSR count). The zero-order valence-corrected chi connectivity index (χ0v) is 20.3. The normalized spacial score (nSPS) is 13.0. The van der Waals surface area contributed by atoms with E-state index < -0.39 is 28.0 Å². The van der Waals surface area contributed by atoms with E-state index in [-0.39, 0.29) is 11.3 Å². The summed E-state index contributed by atoms with van der Waals surface area (Å²) in [6.07, 6.45) is 0.196. The fourth-order valence-electron chi connectivity index (χ4n) is 3.59. The van der Waals surface area contributed by atoms with Gasteiger partial charge >= 0.3 is 0 Å². The van der Waals surface area contributed by atoms with Gasteiger partial charge in [-0.05, 0) is 56.2 Å². The highest BCUT2D eigenvalue weighted by atomic mass is 32.2. The van der Waals surface area contributed by atoms with E-state index in [9.17, 15) is 13.2 Å². The van der Waals surface area contributed by atoms with E-state index in [4.69, 9.17) is 9.47 Å². The number of benzene rings is 3. The number of ether oxygens (including phenoxy) is 2. The summed E-state index contributed by atoms with van der Waals surface area (Å²) >= 11 is 0. The molecule has 0 fully saturated rings. The Morgan fingerprint density at radius 1 is 0.941 bits per heavy atom. The van der Waals surface area contributed by atoms with Crippen LogP contribution in [0.4, 0.5) is 0 Å². The number of carbonyl (C=O) groups excluding carboxylic acids is 1. The van der Waals surface area contributed by atoms with E-state index >= 15 is 0 Å². The molecule has 0 aliphatic rings. The first kappa shape index (κ1) is 25.3. The molecule has 3 aromatic rings. The topological polar surface area (TPSA) is 93.7 Å². The van der Waals surface area contributed by atoms with E-state index in [2.05, 4.69) is 10.0 Å². The molecule has 0 aliphatic carbocycles. The third-order valence-electron chi connectivity index (χ3n) is 5.31. The number of hydrogen-bond acceptors (Lipinski definition) is 5. The van der Waals surface area contributed by atoms with Gasteiger partial charge in [-0.3, -0.25) is 4.79 Å². The highest BCUT2D eigenvalue weighted by Crippen LogP contribution is 2.24. The van der Waals surface area contributed by atoms with Crippen LogP contribution in [0.2, 0.25) is 0 Å². The summed E-state index contributed by atoms with van der Waals surface area (Å²) in [5.41, 5.74) is 1.63. The Kier molecular flexibility index (Phi) is 8.67. The van der Waals surface area contributed by atoms with E-state index in [0.29, 0.717) is 18.1 Å². The number of sulfonamides is 1. The molecule has 0 saturated heterocycles. The maximum absolute atomic E-state index is 13.3. The molecule has 180 valence electrons. The Labute approximate surface area is 201 Å². The van der Waals surface area contributed by atoms with Gasteiger partial charge in [0.1, 0.15) is 17.5 Å². The van der Waals surface area contributed by atoms with Gasteiger partial charge in [0.2, 0.25) is 15.9 Å². The molecule has 8 heteroatoms. The first-order valence-corrected chi connectivity index (χ1v) is 12.5. The van der Waals surface area contributed by atoms with Crippen molar-refractivity contribution in [1.82, 2.24) is 10.0 Å². The minimum atomic E-state index is -3.96. The molecule has 0 bridgehead atoms. The predicted octanol–water partition coefficient (Wildman–Crippen LogP) is 3.86. The molecule has 1 amide bonds. The number of methoxy groups -OCH3 is 1. The number of rotatable bonds is 11. The smallest absolute Gasteiger partial charge is 0.241 e. The standard InChI is InChI=1S/C26H30N2O5S/c1-4-33-21-14-16-22(17-15-21)34(30,31)28-24(18-20-10-6-5-7-11-20)26(29)27-19(2)23-12-8-9-13-25(23)32-3/h5-17,19,24,28H,4,18H2,1-3H3,(H,27,29)/t19-,24-/m1/s1. The lowest BCUT2D eigenvalue weighted by molar-refractivity contribution is -0.123. The van der Waals surface area contributed by atoms with Crippen molar-refractivity contribution in [2.24, 2.45) is 0 Å². The summed E-state index contributed by atoms with van der Waals surface area (Å²) in [7, 11) is -2.39. The molecule has 2 atom stereocenters. The second-order valence-electron chi connectivity index (χ2n) is 7.74. The molecule has 34 heavy (non-hydrogen) atoms. The van der Waals surface area contributed by atoms with Crippen molar-refractivity contribution in [3.05, 3.63) is 90.0 Å². The van der Waals surface area contributed by atoms with Gasteiger partial charge in [-0.15, -0.1) is 0 Å². The lowest BCUT2D eigenvalue weighted by atomic mass is 10.0. The quantitative estimate of drug-likeness (QED) is 0.433. The zero-order chi connectivity index (χ0) is 24.6. The number of carbonyl (C=O) groups is 1. The summed E-state index contributed by atoms with van der Waals surface area (Å²) in [6.45, 7) is 4.16. The molecule has 0 aliphatic heterocycles. The highest BCUT2D eigenvalue weighted by molar-refractivity contribution is 7.89. The fourth-order valence-corrected chi connectivity index (χ4v) is 4.79. The number of nitrogens with one attached hydrogen (secondary N) is 2. The van der Waals surface area contributed by atoms with Crippen LogP contribution in [0, 0.1) is 0 Å². The molecule has 0 aromatic heterocycles. The van der Waals surface area contributed by atoms with Crippen molar-refractivity contribution in [3.8, 4) is 11.5 Å². The van der Waals surface area contributed by atoms with Gasteiger partial charge < -0.3 is 14.8 Å². The van der Waals surface area contributed by atoms with Crippen LogP contribution < -0.4 is 19.5 Å². The average Bonchev–Trinajstić information content (AvgIpc) is 2.84. The second-order valence-corrected chi connectivity index (χ2v) is 9.45. The van der Waals surface area contributed by atoms with Gasteiger partial charge in [-0.1, -0.05) is 48.5 Å². The lowest BCUT2D eigenvalue weighted by Crippen LogP contribution is -2.48. The van der Waals surface area contributed by atoms with Crippen molar-refractivity contribution in [2.45, 2.75) is 37.2 Å². The molecule has 0 spiro atoms. The van der Waals surface area contributed by atoms with E-state index in [0.717, 1.165) is 11.1 Å². The molecule has 0 unspecified atom stereocenters. The van der Waals surface area contributed by atoms with Crippen molar-refractivity contribution in [3.63, 3.8) is 0 Å². The first-order chi connectivity index (χ1) is 16.3. The Bertz CT molecular complexity index is 1180. The van der Waals surface area contributed by atoms with Crippen molar-refractivity contribution in [1.29, 1.82) is 0 Å². The van der Waals surface area contributed by atoms with Gasteiger partial charge in [-0.25, -0.2) is 8.42 Å². The van der Waals surface area contributed by atoms with Crippen molar-refractivity contribution in [2.75, 3.05) is 13.7 Å². The molecular formula is C26H30N2O5S. The van der Waals surface area contributed by atoms with Crippen LogP contribution in [-0.2, 0) is 21.2 Å². The van der Waals surface area contributed by atoms with Gasteiger partial charge in [-0.2, -0.15) is 4.72 Å². The lowest BCUT2D eigenvalue weighted by Gasteiger charge is -2.23. The van der Waals surface area contributed by atoms with Crippen LogP contribution >= 0.6 is 0 Å². The third-order valence-corrected chi connectivity index (χ3v) is 6.79. The Morgan fingerprint density at radius 2 is 1.59 bits per heavy atom. The Balaban J connectivity index is 1.83. The van der Waals surface area contributed by atoms with Crippen LogP contribution in [0.15, 0.2) is 83.8 Å².